The number of piperidine rings is 1. The zero-order chi connectivity index (χ0) is 16.3. The molecule has 0 atom stereocenters. The molecule has 0 bridgehead atoms. The first kappa shape index (κ1) is 17.0. The van der Waals surface area contributed by atoms with E-state index in [1.165, 1.54) is 0 Å². The predicted octanol–water partition coefficient (Wildman–Crippen LogP) is 1.65. The van der Waals surface area contributed by atoms with Crippen LogP contribution in [0.5, 0.6) is 0 Å². The van der Waals surface area contributed by atoms with Crippen molar-refractivity contribution in [2.75, 3.05) is 26.3 Å². The summed E-state index contributed by atoms with van der Waals surface area (Å²) in [7, 11) is -3.17. The SMILES string of the molecule is Cc1ccoc1CNC1CCN(S(=O)(=O)C2CCOCC2)CC1. The zero-order valence-corrected chi connectivity index (χ0v) is 14.5. The number of hydrogen-bond donors (Lipinski definition) is 1. The average Bonchev–Trinajstić information content (AvgIpc) is 2.99. The van der Waals surface area contributed by atoms with E-state index in [2.05, 4.69) is 5.32 Å². The molecule has 0 aliphatic carbocycles. The summed E-state index contributed by atoms with van der Waals surface area (Å²) < 4.78 is 37.7. The van der Waals surface area contributed by atoms with Crippen LogP contribution >= 0.6 is 0 Å². The molecule has 2 aliphatic heterocycles. The van der Waals surface area contributed by atoms with Crippen molar-refractivity contribution in [2.24, 2.45) is 0 Å². The van der Waals surface area contributed by atoms with E-state index in [0.717, 1.165) is 24.2 Å². The van der Waals surface area contributed by atoms with Crippen LogP contribution in [0.4, 0.5) is 0 Å². The number of nitrogens with one attached hydrogen (secondary N) is 1. The van der Waals surface area contributed by atoms with Gasteiger partial charge in [0.15, 0.2) is 0 Å². The smallest absolute Gasteiger partial charge is 0.217 e. The molecule has 0 aromatic carbocycles. The Kier molecular flexibility index (Phi) is 5.41. The van der Waals surface area contributed by atoms with Crippen molar-refractivity contribution in [1.29, 1.82) is 0 Å². The molecule has 0 amide bonds. The van der Waals surface area contributed by atoms with E-state index in [9.17, 15) is 8.42 Å². The van der Waals surface area contributed by atoms with E-state index in [4.69, 9.17) is 9.15 Å². The van der Waals surface area contributed by atoms with Crippen LogP contribution in [0.25, 0.3) is 0 Å². The minimum Gasteiger partial charge on any atom is -0.468 e. The zero-order valence-electron chi connectivity index (χ0n) is 13.7. The van der Waals surface area contributed by atoms with E-state index in [1.807, 2.05) is 13.0 Å². The summed E-state index contributed by atoms with van der Waals surface area (Å²) in [6, 6.07) is 2.31. The van der Waals surface area contributed by atoms with Crippen LogP contribution in [0, 0.1) is 6.92 Å². The third kappa shape index (κ3) is 3.96. The van der Waals surface area contributed by atoms with Crippen molar-refractivity contribution in [1.82, 2.24) is 9.62 Å². The van der Waals surface area contributed by atoms with Gasteiger partial charge in [-0.2, -0.15) is 0 Å². The van der Waals surface area contributed by atoms with Gasteiger partial charge in [-0.3, -0.25) is 0 Å². The standard InChI is InChI=1S/C16H26N2O4S/c1-13-4-11-22-16(13)12-17-14-2-7-18(8-3-14)23(19,20)15-5-9-21-10-6-15/h4,11,14-15,17H,2-3,5-10,12H2,1H3. The second kappa shape index (κ2) is 7.34. The summed E-state index contributed by atoms with van der Waals surface area (Å²) in [5.74, 6) is 0.960. The van der Waals surface area contributed by atoms with E-state index in [1.54, 1.807) is 10.6 Å². The molecule has 130 valence electrons. The van der Waals surface area contributed by atoms with Gasteiger partial charge in [0.05, 0.1) is 18.1 Å². The molecule has 1 aromatic rings. The molecule has 3 rings (SSSR count). The highest BCUT2D eigenvalue weighted by molar-refractivity contribution is 7.89. The van der Waals surface area contributed by atoms with Crippen LogP contribution in [0.1, 0.15) is 37.0 Å². The molecule has 2 fully saturated rings. The second-order valence-electron chi connectivity index (χ2n) is 6.44. The van der Waals surface area contributed by atoms with Crippen molar-refractivity contribution in [3.63, 3.8) is 0 Å². The first-order valence-electron chi connectivity index (χ1n) is 8.40. The predicted molar refractivity (Wildman–Crippen MR) is 87.6 cm³/mol. The van der Waals surface area contributed by atoms with Gasteiger partial charge in [0.1, 0.15) is 5.76 Å². The lowest BCUT2D eigenvalue weighted by molar-refractivity contribution is 0.0968. The minimum atomic E-state index is -3.17. The quantitative estimate of drug-likeness (QED) is 0.881. The Labute approximate surface area is 138 Å². The maximum absolute atomic E-state index is 12.7. The van der Waals surface area contributed by atoms with E-state index >= 15 is 0 Å². The third-order valence-corrected chi connectivity index (χ3v) is 7.32. The Balaban J connectivity index is 1.49. The highest BCUT2D eigenvalue weighted by Gasteiger charge is 2.35. The van der Waals surface area contributed by atoms with Crippen molar-refractivity contribution < 1.29 is 17.6 Å². The van der Waals surface area contributed by atoms with Crippen LogP contribution in [-0.2, 0) is 21.3 Å². The van der Waals surface area contributed by atoms with E-state index in [-0.39, 0.29) is 5.25 Å². The van der Waals surface area contributed by atoms with E-state index in [0.29, 0.717) is 51.7 Å². The van der Waals surface area contributed by atoms with Gasteiger partial charge in [0, 0.05) is 32.3 Å². The average molecular weight is 342 g/mol. The molecule has 1 aromatic heterocycles. The van der Waals surface area contributed by atoms with Crippen LogP contribution < -0.4 is 5.32 Å². The molecule has 23 heavy (non-hydrogen) atoms. The van der Waals surface area contributed by atoms with Crippen LogP contribution in [0.15, 0.2) is 16.7 Å². The number of hydrogen-bond acceptors (Lipinski definition) is 5. The van der Waals surface area contributed by atoms with Crippen LogP contribution in [-0.4, -0.2) is 50.3 Å². The Morgan fingerprint density at radius 1 is 1.22 bits per heavy atom. The first-order valence-corrected chi connectivity index (χ1v) is 9.91. The summed E-state index contributed by atoms with van der Waals surface area (Å²) in [4.78, 5) is 0. The summed E-state index contributed by atoms with van der Waals surface area (Å²) in [5.41, 5.74) is 1.15. The lowest BCUT2D eigenvalue weighted by atomic mass is 10.1. The Bertz CT molecular complexity index is 599. The number of sulfonamides is 1. The largest absolute Gasteiger partial charge is 0.468 e. The Morgan fingerprint density at radius 3 is 2.52 bits per heavy atom. The summed E-state index contributed by atoms with van der Waals surface area (Å²) in [6.07, 6.45) is 4.65. The van der Waals surface area contributed by atoms with Gasteiger partial charge in [-0.1, -0.05) is 0 Å². The third-order valence-electron chi connectivity index (χ3n) is 4.92. The van der Waals surface area contributed by atoms with Gasteiger partial charge in [-0.05, 0) is 44.2 Å². The number of ether oxygens (including phenoxy) is 1. The second-order valence-corrected chi connectivity index (χ2v) is 8.65. The lowest BCUT2D eigenvalue weighted by Gasteiger charge is -2.35. The molecule has 0 unspecified atom stereocenters. The topological polar surface area (TPSA) is 71.8 Å². The Hall–Kier alpha value is -0.890. The maximum Gasteiger partial charge on any atom is 0.217 e. The molecule has 0 radical (unpaired) electrons. The summed E-state index contributed by atoms with van der Waals surface area (Å²) in [6.45, 7) is 5.07. The van der Waals surface area contributed by atoms with Gasteiger partial charge in [-0.15, -0.1) is 0 Å². The molecule has 0 spiro atoms. The van der Waals surface area contributed by atoms with Gasteiger partial charge >= 0.3 is 0 Å². The molecule has 1 N–H and O–H groups in total. The Morgan fingerprint density at radius 2 is 1.91 bits per heavy atom. The number of nitrogens with zero attached hydrogens (tertiary/aromatic N) is 1. The maximum atomic E-state index is 12.7. The number of furan rings is 1. The van der Waals surface area contributed by atoms with Gasteiger partial charge < -0.3 is 14.5 Å². The molecule has 3 heterocycles. The van der Waals surface area contributed by atoms with E-state index < -0.39 is 10.0 Å². The molecule has 0 saturated carbocycles. The van der Waals surface area contributed by atoms with Crippen molar-refractivity contribution >= 4 is 10.0 Å². The molecular weight excluding hydrogens is 316 g/mol. The highest BCUT2D eigenvalue weighted by atomic mass is 32.2. The molecule has 7 heteroatoms. The monoisotopic (exact) mass is 342 g/mol. The van der Waals surface area contributed by atoms with Gasteiger partial charge in [0.25, 0.3) is 0 Å². The van der Waals surface area contributed by atoms with Gasteiger partial charge in [-0.25, -0.2) is 12.7 Å². The highest BCUT2D eigenvalue weighted by Crippen LogP contribution is 2.23. The van der Waals surface area contributed by atoms with Crippen molar-refractivity contribution in [3.05, 3.63) is 23.7 Å². The van der Waals surface area contributed by atoms with Crippen molar-refractivity contribution in [3.8, 4) is 0 Å². The van der Waals surface area contributed by atoms with Crippen LogP contribution in [0.3, 0.4) is 0 Å². The summed E-state index contributed by atoms with van der Waals surface area (Å²) >= 11 is 0. The number of rotatable bonds is 5. The minimum absolute atomic E-state index is 0.258. The first-order chi connectivity index (χ1) is 11.1. The van der Waals surface area contributed by atoms with Gasteiger partial charge in [0.2, 0.25) is 10.0 Å². The normalized spacial score (nSPS) is 22.5. The number of aryl methyl sites for hydroxylation is 1. The fourth-order valence-corrected chi connectivity index (χ4v) is 5.25. The lowest BCUT2D eigenvalue weighted by Crippen LogP contribution is -2.48. The summed E-state index contributed by atoms with van der Waals surface area (Å²) in [5, 5.41) is 3.22. The van der Waals surface area contributed by atoms with Crippen LogP contribution in [0.2, 0.25) is 0 Å². The fourth-order valence-electron chi connectivity index (χ4n) is 3.32. The molecular formula is C16H26N2O4S. The molecule has 2 saturated heterocycles. The van der Waals surface area contributed by atoms with Crippen molar-refractivity contribution in [2.45, 2.75) is 50.4 Å². The molecule has 6 nitrogen and oxygen atoms in total. The molecule has 2 aliphatic rings. The fraction of sp³-hybridized carbons (Fsp3) is 0.750.